The van der Waals surface area contributed by atoms with E-state index in [0.29, 0.717) is 41.7 Å². The van der Waals surface area contributed by atoms with Crippen LogP contribution in [-0.4, -0.2) is 46.3 Å². The van der Waals surface area contributed by atoms with Crippen molar-refractivity contribution in [2.75, 3.05) is 26.1 Å². The Balaban J connectivity index is 1.41. The first-order chi connectivity index (χ1) is 16.1. The standard InChI is InChI=1S/C23H23ClN6O3/c1-32-19-14-20(33-2)18(13-16(19)24)29-23(31)27-9-4-12-30-21(15-6-10-25-11-7-15)28-17-5-3-8-26-22(17)30/h3,5-8,10-11,13-14H,4,9,12H2,1-2H3,(H2,27,29,31). The van der Waals surface area contributed by atoms with Crippen LogP contribution in [0.25, 0.3) is 22.6 Å². The number of aromatic nitrogens is 4. The van der Waals surface area contributed by atoms with Gasteiger partial charge in [0, 0.05) is 43.3 Å². The van der Waals surface area contributed by atoms with Gasteiger partial charge < -0.3 is 24.7 Å². The lowest BCUT2D eigenvalue weighted by atomic mass is 10.2. The van der Waals surface area contributed by atoms with E-state index in [0.717, 1.165) is 22.6 Å². The summed E-state index contributed by atoms with van der Waals surface area (Å²) in [4.78, 5) is 25.7. The third-order valence-corrected chi connectivity index (χ3v) is 5.30. The van der Waals surface area contributed by atoms with Crippen LogP contribution >= 0.6 is 11.6 Å². The van der Waals surface area contributed by atoms with E-state index >= 15 is 0 Å². The molecule has 0 aliphatic carbocycles. The number of aryl methyl sites for hydroxylation is 1. The number of ether oxygens (including phenoxy) is 2. The van der Waals surface area contributed by atoms with Gasteiger partial charge in [-0.05, 0) is 36.8 Å². The summed E-state index contributed by atoms with van der Waals surface area (Å²) in [7, 11) is 3.02. The number of methoxy groups -OCH3 is 2. The molecule has 0 radical (unpaired) electrons. The number of hydrogen-bond donors (Lipinski definition) is 2. The van der Waals surface area contributed by atoms with E-state index in [9.17, 15) is 4.79 Å². The van der Waals surface area contributed by atoms with Gasteiger partial charge in [-0.1, -0.05) is 11.6 Å². The number of nitrogens with zero attached hydrogens (tertiary/aromatic N) is 4. The Morgan fingerprint density at radius 2 is 1.88 bits per heavy atom. The van der Waals surface area contributed by atoms with Crippen LogP contribution in [0.4, 0.5) is 10.5 Å². The number of amides is 2. The molecule has 2 N–H and O–H groups in total. The Bertz CT molecular complexity index is 1260. The maximum atomic E-state index is 12.4. The zero-order valence-corrected chi connectivity index (χ0v) is 19.0. The largest absolute Gasteiger partial charge is 0.495 e. The molecular formula is C23H23ClN6O3. The van der Waals surface area contributed by atoms with Gasteiger partial charge in [0.05, 0.1) is 24.9 Å². The van der Waals surface area contributed by atoms with Crippen molar-refractivity contribution >= 4 is 34.5 Å². The molecule has 0 saturated heterocycles. The highest BCUT2D eigenvalue weighted by molar-refractivity contribution is 6.32. The van der Waals surface area contributed by atoms with Crippen molar-refractivity contribution < 1.29 is 14.3 Å². The first-order valence-corrected chi connectivity index (χ1v) is 10.7. The minimum absolute atomic E-state index is 0.363. The lowest BCUT2D eigenvalue weighted by molar-refractivity contribution is 0.251. The molecule has 9 nitrogen and oxygen atoms in total. The number of benzene rings is 1. The summed E-state index contributed by atoms with van der Waals surface area (Å²) in [6, 6.07) is 10.5. The maximum absolute atomic E-state index is 12.4. The molecule has 0 saturated carbocycles. The number of nitrogens with one attached hydrogen (secondary N) is 2. The Morgan fingerprint density at radius 1 is 1.09 bits per heavy atom. The zero-order valence-electron chi connectivity index (χ0n) is 18.2. The molecule has 0 aliphatic heterocycles. The first kappa shape index (κ1) is 22.3. The molecule has 3 heterocycles. The second-order valence-electron chi connectivity index (χ2n) is 7.09. The fraction of sp³-hybridized carbons (Fsp3) is 0.217. The Kier molecular flexibility index (Phi) is 6.89. The Morgan fingerprint density at radius 3 is 2.64 bits per heavy atom. The third kappa shape index (κ3) is 4.98. The fourth-order valence-corrected chi connectivity index (χ4v) is 3.70. The van der Waals surface area contributed by atoms with Gasteiger partial charge in [-0.2, -0.15) is 0 Å². The number of hydrogen-bond acceptors (Lipinski definition) is 6. The van der Waals surface area contributed by atoms with Crippen molar-refractivity contribution in [2.24, 2.45) is 0 Å². The van der Waals surface area contributed by atoms with E-state index in [1.54, 1.807) is 30.7 Å². The summed E-state index contributed by atoms with van der Waals surface area (Å²) in [6.07, 6.45) is 5.89. The normalized spacial score (nSPS) is 10.8. The lowest BCUT2D eigenvalue weighted by Crippen LogP contribution is -2.30. The van der Waals surface area contributed by atoms with Gasteiger partial charge in [0.1, 0.15) is 22.8 Å². The number of imidazole rings is 1. The summed E-state index contributed by atoms with van der Waals surface area (Å²) < 4.78 is 12.5. The van der Waals surface area contributed by atoms with Crippen LogP contribution in [0, 0.1) is 0 Å². The quantitative estimate of drug-likeness (QED) is 0.373. The number of anilines is 1. The first-order valence-electron chi connectivity index (χ1n) is 10.3. The average molecular weight is 467 g/mol. The van der Waals surface area contributed by atoms with Crippen molar-refractivity contribution in [3.05, 3.63) is 60.0 Å². The third-order valence-electron chi connectivity index (χ3n) is 5.01. The molecule has 0 fully saturated rings. The minimum atomic E-state index is -0.363. The molecule has 2 amide bonds. The van der Waals surface area contributed by atoms with Crippen molar-refractivity contribution in [1.82, 2.24) is 24.8 Å². The van der Waals surface area contributed by atoms with Crippen LogP contribution in [0.3, 0.4) is 0 Å². The van der Waals surface area contributed by atoms with Crippen LogP contribution < -0.4 is 20.1 Å². The van der Waals surface area contributed by atoms with Crippen LogP contribution in [-0.2, 0) is 6.54 Å². The summed E-state index contributed by atoms with van der Waals surface area (Å²) in [5.41, 5.74) is 3.02. The van der Waals surface area contributed by atoms with Crippen LogP contribution in [0.2, 0.25) is 5.02 Å². The molecule has 1 aromatic carbocycles. The molecule has 0 spiro atoms. The number of pyridine rings is 2. The number of urea groups is 1. The van der Waals surface area contributed by atoms with Gasteiger partial charge in [0.2, 0.25) is 0 Å². The summed E-state index contributed by atoms with van der Waals surface area (Å²) in [5, 5.41) is 5.99. The van der Waals surface area contributed by atoms with E-state index in [4.69, 9.17) is 26.1 Å². The van der Waals surface area contributed by atoms with Gasteiger partial charge in [0.15, 0.2) is 5.65 Å². The summed E-state index contributed by atoms with van der Waals surface area (Å²) in [5.74, 6) is 1.73. The number of rotatable bonds is 8. The van der Waals surface area contributed by atoms with Crippen LogP contribution in [0.5, 0.6) is 11.5 Å². The number of halogens is 1. The van der Waals surface area contributed by atoms with Crippen LogP contribution in [0.1, 0.15) is 6.42 Å². The Hall–Kier alpha value is -3.85. The smallest absolute Gasteiger partial charge is 0.319 e. The molecular weight excluding hydrogens is 444 g/mol. The number of fused-ring (bicyclic) bond motifs is 1. The monoisotopic (exact) mass is 466 g/mol. The molecule has 4 rings (SSSR count). The fourth-order valence-electron chi connectivity index (χ4n) is 3.45. The van der Waals surface area contributed by atoms with Gasteiger partial charge in [-0.25, -0.2) is 14.8 Å². The summed E-state index contributed by atoms with van der Waals surface area (Å²) in [6.45, 7) is 1.07. The second kappa shape index (κ2) is 10.2. The number of carbonyl (C=O) groups is 1. The van der Waals surface area contributed by atoms with Crippen molar-refractivity contribution in [1.29, 1.82) is 0 Å². The molecule has 33 heavy (non-hydrogen) atoms. The number of carbonyl (C=O) groups excluding carboxylic acids is 1. The van der Waals surface area contributed by atoms with Gasteiger partial charge in [-0.15, -0.1) is 0 Å². The predicted molar refractivity (Wildman–Crippen MR) is 127 cm³/mol. The second-order valence-corrected chi connectivity index (χ2v) is 7.50. The molecule has 0 unspecified atom stereocenters. The zero-order chi connectivity index (χ0) is 23.2. The van der Waals surface area contributed by atoms with Gasteiger partial charge in [0.25, 0.3) is 0 Å². The summed E-state index contributed by atoms with van der Waals surface area (Å²) >= 11 is 6.17. The molecule has 0 aliphatic rings. The lowest BCUT2D eigenvalue weighted by Gasteiger charge is -2.14. The van der Waals surface area contributed by atoms with E-state index in [1.807, 2.05) is 24.3 Å². The highest BCUT2D eigenvalue weighted by Crippen LogP contribution is 2.35. The van der Waals surface area contributed by atoms with Gasteiger partial charge >= 0.3 is 6.03 Å². The van der Waals surface area contributed by atoms with Crippen molar-refractivity contribution in [3.8, 4) is 22.9 Å². The van der Waals surface area contributed by atoms with Crippen molar-refractivity contribution in [3.63, 3.8) is 0 Å². The maximum Gasteiger partial charge on any atom is 0.319 e. The highest BCUT2D eigenvalue weighted by atomic mass is 35.5. The van der Waals surface area contributed by atoms with E-state index in [1.165, 1.54) is 14.2 Å². The van der Waals surface area contributed by atoms with Crippen LogP contribution in [0.15, 0.2) is 55.0 Å². The Labute approximate surface area is 195 Å². The van der Waals surface area contributed by atoms with Crippen molar-refractivity contribution in [2.45, 2.75) is 13.0 Å². The molecule has 10 heteroatoms. The topological polar surface area (TPSA) is 103 Å². The van der Waals surface area contributed by atoms with E-state index in [2.05, 4.69) is 25.2 Å². The SMILES string of the molecule is COc1cc(OC)c(NC(=O)NCCCn2c(-c3ccncc3)nc3cccnc32)cc1Cl. The predicted octanol–water partition coefficient (Wildman–Crippen LogP) is 4.38. The molecule has 0 atom stereocenters. The highest BCUT2D eigenvalue weighted by Gasteiger charge is 2.14. The van der Waals surface area contributed by atoms with E-state index < -0.39 is 0 Å². The van der Waals surface area contributed by atoms with E-state index in [-0.39, 0.29) is 6.03 Å². The molecule has 3 aromatic heterocycles. The minimum Gasteiger partial charge on any atom is -0.495 e. The average Bonchev–Trinajstić information content (AvgIpc) is 3.21. The van der Waals surface area contributed by atoms with Gasteiger partial charge in [-0.3, -0.25) is 4.98 Å². The molecule has 4 aromatic rings. The molecule has 0 bridgehead atoms. The molecule has 170 valence electrons.